The highest BCUT2D eigenvalue weighted by molar-refractivity contribution is 5.47. The van der Waals surface area contributed by atoms with E-state index < -0.39 is 17.3 Å². The van der Waals surface area contributed by atoms with Gasteiger partial charge in [-0.05, 0) is 30.7 Å². The van der Waals surface area contributed by atoms with Crippen molar-refractivity contribution in [1.82, 2.24) is 0 Å². The summed E-state index contributed by atoms with van der Waals surface area (Å²) in [5, 5.41) is 13.2. The third-order valence-electron chi connectivity index (χ3n) is 3.22. The average molecular weight is 295 g/mol. The van der Waals surface area contributed by atoms with Gasteiger partial charge in [0, 0.05) is 12.2 Å². The van der Waals surface area contributed by atoms with Crippen LogP contribution in [-0.4, -0.2) is 11.7 Å². The van der Waals surface area contributed by atoms with Crippen molar-refractivity contribution in [2.24, 2.45) is 0 Å². The normalized spacial score (nSPS) is 14.5. The van der Waals surface area contributed by atoms with E-state index in [-0.39, 0.29) is 6.54 Å². The smallest absolute Gasteiger partial charge is 0.384 e. The molecular formula is C16H16F3NO. The van der Waals surface area contributed by atoms with Crippen molar-refractivity contribution in [3.63, 3.8) is 0 Å². The first-order chi connectivity index (χ1) is 9.79. The highest BCUT2D eigenvalue weighted by Gasteiger charge is 2.30. The second kappa shape index (κ2) is 5.77. The zero-order valence-corrected chi connectivity index (χ0v) is 11.5. The average Bonchev–Trinajstić information content (AvgIpc) is 2.46. The van der Waals surface area contributed by atoms with E-state index in [1.165, 1.54) is 12.1 Å². The maximum absolute atomic E-state index is 12.6. The number of hydrogen-bond acceptors (Lipinski definition) is 2. The fourth-order valence-electron chi connectivity index (χ4n) is 1.98. The van der Waals surface area contributed by atoms with Crippen LogP contribution >= 0.6 is 0 Å². The van der Waals surface area contributed by atoms with Crippen LogP contribution in [0.2, 0.25) is 0 Å². The van der Waals surface area contributed by atoms with Crippen molar-refractivity contribution in [2.45, 2.75) is 18.7 Å². The Balaban J connectivity index is 2.10. The van der Waals surface area contributed by atoms with Crippen LogP contribution in [-0.2, 0) is 11.8 Å². The summed E-state index contributed by atoms with van der Waals surface area (Å²) in [6.45, 7) is 1.72. The molecule has 0 saturated carbocycles. The number of benzene rings is 2. The number of halogens is 3. The van der Waals surface area contributed by atoms with Gasteiger partial charge in [0.05, 0.1) is 5.56 Å². The minimum absolute atomic E-state index is 0.109. The SMILES string of the molecule is CC(O)(CNc1cccc(C(F)(F)F)c1)c1ccccc1. The van der Waals surface area contributed by atoms with Crippen LogP contribution in [0.4, 0.5) is 18.9 Å². The molecule has 2 nitrogen and oxygen atoms in total. The summed E-state index contributed by atoms with van der Waals surface area (Å²) in [6, 6.07) is 13.9. The Morgan fingerprint density at radius 3 is 2.19 bits per heavy atom. The molecule has 112 valence electrons. The summed E-state index contributed by atoms with van der Waals surface area (Å²) in [5.74, 6) is 0. The van der Waals surface area contributed by atoms with Gasteiger partial charge in [0.25, 0.3) is 0 Å². The molecule has 0 radical (unpaired) electrons. The first-order valence-corrected chi connectivity index (χ1v) is 6.48. The Bertz CT molecular complexity index is 594. The van der Waals surface area contributed by atoms with E-state index in [4.69, 9.17) is 0 Å². The van der Waals surface area contributed by atoms with Crippen LogP contribution in [0.15, 0.2) is 54.6 Å². The lowest BCUT2D eigenvalue weighted by atomic mass is 9.96. The number of rotatable bonds is 4. The molecule has 2 rings (SSSR count). The van der Waals surface area contributed by atoms with E-state index in [0.717, 1.165) is 12.1 Å². The molecule has 0 saturated heterocycles. The summed E-state index contributed by atoms with van der Waals surface area (Å²) in [5.41, 5.74) is -0.868. The highest BCUT2D eigenvalue weighted by atomic mass is 19.4. The summed E-state index contributed by atoms with van der Waals surface area (Å²) in [7, 11) is 0. The summed E-state index contributed by atoms with van der Waals surface area (Å²) >= 11 is 0. The highest BCUT2D eigenvalue weighted by Crippen LogP contribution is 2.31. The quantitative estimate of drug-likeness (QED) is 0.892. The van der Waals surface area contributed by atoms with Crippen LogP contribution in [0.5, 0.6) is 0 Å². The van der Waals surface area contributed by atoms with Crippen molar-refractivity contribution in [3.8, 4) is 0 Å². The lowest BCUT2D eigenvalue weighted by molar-refractivity contribution is -0.137. The molecule has 2 N–H and O–H groups in total. The van der Waals surface area contributed by atoms with Gasteiger partial charge in [-0.2, -0.15) is 13.2 Å². The predicted molar refractivity (Wildman–Crippen MR) is 75.9 cm³/mol. The van der Waals surface area contributed by atoms with E-state index in [1.807, 2.05) is 6.07 Å². The molecule has 1 atom stereocenters. The summed E-state index contributed by atoms with van der Waals surface area (Å²) in [6.07, 6.45) is -4.38. The molecule has 21 heavy (non-hydrogen) atoms. The van der Waals surface area contributed by atoms with Crippen molar-refractivity contribution < 1.29 is 18.3 Å². The molecule has 0 aromatic heterocycles. The number of aliphatic hydroxyl groups is 1. The molecule has 5 heteroatoms. The fourth-order valence-corrected chi connectivity index (χ4v) is 1.98. The fraction of sp³-hybridized carbons (Fsp3) is 0.250. The van der Waals surface area contributed by atoms with Gasteiger partial charge in [0.2, 0.25) is 0 Å². The topological polar surface area (TPSA) is 32.3 Å². The van der Waals surface area contributed by atoms with Gasteiger partial charge in [-0.25, -0.2) is 0 Å². The number of anilines is 1. The lowest BCUT2D eigenvalue weighted by Crippen LogP contribution is -2.30. The first-order valence-electron chi connectivity index (χ1n) is 6.48. The van der Waals surface area contributed by atoms with Crippen molar-refractivity contribution in [1.29, 1.82) is 0 Å². The van der Waals surface area contributed by atoms with Crippen LogP contribution in [0, 0.1) is 0 Å². The van der Waals surface area contributed by atoms with Crippen molar-refractivity contribution in [2.75, 3.05) is 11.9 Å². The molecule has 0 aliphatic carbocycles. The molecule has 0 aliphatic rings. The van der Waals surface area contributed by atoms with Gasteiger partial charge in [-0.1, -0.05) is 36.4 Å². The van der Waals surface area contributed by atoms with Crippen LogP contribution in [0.3, 0.4) is 0 Å². The molecule has 0 fully saturated rings. The van der Waals surface area contributed by atoms with E-state index >= 15 is 0 Å². The number of hydrogen-bond donors (Lipinski definition) is 2. The standard InChI is InChI=1S/C16H16F3NO/c1-15(21,12-6-3-2-4-7-12)11-20-14-9-5-8-13(10-14)16(17,18)19/h2-10,20-21H,11H2,1H3. The maximum Gasteiger partial charge on any atom is 0.416 e. The molecular weight excluding hydrogens is 279 g/mol. The van der Waals surface area contributed by atoms with Gasteiger partial charge in [0.1, 0.15) is 5.60 Å². The molecule has 0 heterocycles. The van der Waals surface area contributed by atoms with Crippen molar-refractivity contribution >= 4 is 5.69 Å². The van der Waals surface area contributed by atoms with Gasteiger partial charge in [0.15, 0.2) is 0 Å². The first kappa shape index (κ1) is 15.4. The maximum atomic E-state index is 12.6. The molecule has 2 aromatic rings. The van der Waals surface area contributed by atoms with Crippen LogP contribution in [0.1, 0.15) is 18.1 Å². The minimum atomic E-state index is -4.38. The number of alkyl halides is 3. The minimum Gasteiger partial charge on any atom is -0.384 e. The zero-order valence-electron chi connectivity index (χ0n) is 11.5. The monoisotopic (exact) mass is 295 g/mol. The molecule has 2 aromatic carbocycles. The zero-order chi connectivity index (χ0) is 15.5. The van der Waals surface area contributed by atoms with E-state index in [1.54, 1.807) is 31.2 Å². The van der Waals surface area contributed by atoms with Crippen molar-refractivity contribution in [3.05, 3.63) is 65.7 Å². The van der Waals surface area contributed by atoms with E-state index in [2.05, 4.69) is 5.32 Å². The molecule has 0 bridgehead atoms. The van der Waals surface area contributed by atoms with E-state index in [0.29, 0.717) is 11.3 Å². The summed E-state index contributed by atoms with van der Waals surface area (Å²) < 4.78 is 37.9. The molecule has 0 aliphatic heterocycles. The number of nitrogens with one attached hydrogen (secondary N) is 1. The Hall–Kier alpha value is -2.01. The van der Waals surface area contributed by atoms with Gasteiger partial charge in [-0.15, -0.1) is 0 Å². The van der Waals surface area contributed by atoms with Gasteiger partial charge >= 0.3 is 6.18 Å². The predicted octanol–water partition coefficient (Wildman–Crippen LogP) is 4.03. The Labute approximate surface area is 121 Å². The van der Waals surface area contributed by atoms with Gasteiger partial charge < -0.3 is 10.4 Å². The van der Waals surface area contributed by atoms with Gasteiger partial charge in [-0.3, -0.25) is 0 Å². The third kappa shape index (κ3) is 3.98. The second-order valence-corrected chi connectivity index (χ2v) is 5.07. The Kier molecular flexibility index (Phi) is 4.23. The largest absolute Gasteiger partial charge is 0.416 e. The van der Waals surface area contributed by atoms with Crippen LogP contribution < -0.4 is 5.32 Å². The van der Waals surface area contributed by atoms with E-state index in [9.17, 15) is 18.3 Å². The molecule has 0 spiro atoms. The second-order valence-electron chi connectivity index (χ2n) is 5.07. The molecule has 1 unspecified atom stereocenters. The third-order valence-corrected chi connectivity index (χ3v) is 3.22. The summed E-state index contributed by atoms with van der Waals surface area (Å²) in [4.78, 5) is 0. The lowest BCUT2D eigenvalue weighted by Gasteiger charge is -2.25. The Morgan fingerprint density at radius 2 is 1.57 bits per heavy atom. The molecule has 0 amide bonds. The Morgan fingerprint density at radius 1 is 0.952 bits per heavy atom. The van der Waals surface area contributed by atoms with Crippen LogP contribution in [0.25, 0.3) is 0 Å².